The van der Waals surface area contributed by atoms with Gasteiger partial charge in [-0.25, -0.2) is 4.39 Å². The number of halogens is 1. The number of nitrogens with two attached hydrogens (primary N) is 1. The number of nitrogen functional groups attached to an aromatic ring is 1. The van der Waals surface area contributed by atoms with Crippen molar-refractivity contribution in [1.82, 2.24) is 0 Å². The smallest absolute Gasteiger partial charge is 0.128 e. The first kappa shape index (κ1) is 8.84. The van der Waals surface area contributed by atoms with Gasteiger partial charge in [-0.1, -0.05) is 6.92 Å². The van der Waals surface area contributed by atoms with E-state index >= 15 is 0 Å². The van der Waals surface area contributed by atoms with Gasteiger partial charge in [-0.05, 0) is 12.5 Å². The Balaban J connectivity index is 2.72. The highest BCUT2D eigenvalue weighted by Crippen LogP contribution is 2.17. The van der Waals surface area contributed by atoms with Gasteiger partial charge in [0.2, 0.25) is 0 Å². The summed E-state index contributed by atoms with van der Waals surface area (Å²) in [5.74, 6) is 0.135. The molecular formula is C9H12FNO. The number of anilines is 1. The molecule has 0 aliphatic rings. The molecule has 0 fully saturated rings. The molecule has 0 aliphatic carbocycles. The Hall–Kier alpha value is -1.25. The molecule has 0 saturated heterocycles. The number of hydrogen-bond acceptors (Lipinski definition) is 2. The fraction of sp³-hybridized carbons (Fsp3) is 0.333. The Morgan fingerprint density at radius 2 is 2.17 bits per heavy atom. The molecule has 1 aromatic rings. The molecule has 1 rings (SSSR count). The van der Waals surface area contributed by atoms with Gasteiger partial charge in [-0.15, -0.1) is 0 Å². The van der Waals surface area contributed by atoms with E-state index in [-0.39, 0.29) is 5.82 Å². The Kier molecular flexibility index (Phi) is 2.91. The molecule has 2 nitrogen and oxygen atoms in total. The summed E-state index contributed by atoms with van der Waals surface area (Å²) in [7, 11) is 0. The predicted octanol–water partition coefficient (Wildman–Crippen LogP) is 2.20. The maximum Gasteiger partial charge on any atom is 0.128 e. The zero-order chi connectivity index (χ0) is 8.97. The molecule has 0 spiro atoms. The molecule has 2 N–H and O–H groups in total. The molecule has 0 bridgehead atoms. The molecule has 0 amide bonds. The third-order valence-corrected chi connectivity index (χ3v) is 1.37. The van der Waals surface area contributed by atoms with Crippen molar-refractivity contribution in [3.8, 4) is 5.75 Å². The van der Waals surface area contributed by atoms with Crippen molar-refractivity contribution in [2.45, 2.75) is 13.3 Å². The van der Waals surface area contributed by atoms with Gasteiger partial charge >= 0.3 is 0 Å². The van der Waals surface area contributed by atoms with E-state index in [9.17, 15) is 4.39 Å². The molecular weight excluding hydrogens is 157 g/mol. The van der Waals surface area contributed by atoms with Crippen LogP contribution in [-0.4, -0.2) is 6.61 Å². The van der Waals surface area contributed by atoms with E-state index in [1.54, 1.807) is 6.07 Å². The predicted molar refractivity (Wildman–Crippen MR) is 46.6 cm³/mol. The highest BCUT2D eigenvalue weighted by Gasteiger charge is 1.97. The number of rotatable bonds is 3. The second kappa shape index (κ2) is 3.95. The summed E-state index contributed by atoms with van der Waals surface area (Å²) >= 11 is 0. The first-order chi connectivity index (χ1) is 5.72. The third-order valence-electron chi connectivity index (χ3n) is 1.37. The molecule has 12 heavy (non-hydrogen) atoms. The second-order valence-electron chi connectivity index (χ2n) is 2.57. The number of hydrogen-bond donors (Lipinski definition) is 1. The Labute approximate surface area is 71.1 Å². The Morgan fingerprint density at radius 3 is 2.75 bits per heavy atom. The minimum absolute atomic E-state index is 0.360. The number of benzene rings is 1. The van der Waals surface area contributed by atoms with Crippen LogP contribution in [0.25, 0.3) is 0 Å². The van der Waals surface area contributed by atoms with Crippen molar-refractivity contribution in [3.05, 3.63) is 24.0 Å². The molecule has 0 unspecified atom stereocenters. The van der Waals surface area contributed by atoms with Crippen LogP contribution in [0.1, 0.15) is 13.3 Å². The molecule has 0 atom stereocenters. The molecule has 1 aromatic carbocycles. The zero-order valence-corrected chi connectivity index (χ0v) is 7.01. The van der Waals surface area contributed by atoms with E-state index in [1.165, 1.54) is 12.1 Å². The first-order valence-electron chi connectivity index (χ1n) is 3.91. The standard InChI is InChI=1S/C9H12FNO/c1-2-3-12-9-5-7(10)4-8(11)6-9/h4-6H,2-3,11H2,1H3. The van der Waals surface area contributed by atoms with Crippen molar-refractivity contribution in [2.75, 3.05) is 12.3 Å². The van der Waals surface area contributed by atoms with Crippen molar-refractivity contribution < 1.29 is 9.13 Å². The Bertz CT molecular complexity index is 242. The lowest BCUT2D eigenvalue weighted by Crippen LogP contribution is -1.96. The van der Waals surface area contributed by atoms with Gasteiger partial charge in [0.25, 0.3) is 0 Å². The van der Waals surface area contributed by atoms with Crippen LogP contribution < -0.4 is 10.5 Å². The lowest BCUT2D eigenvalue weighted by atomic mass is 10.3. The van der Waals surface area contributed by atoms with Gasteiger partial charge < -0.3 is 10.5 Å². The highest BCUT2D eigenvalue weighted by atomic mass is 19.1. The second-order valence-corrected chi connectivity index (χ2v) is 2.57. The summed E-state index contributed by atoms with van der Waals surface area (Å²) in [4.78, 5) is 0. The van der Waals surface area contributed by atoms with Gasteiger partial charge in [-0.2, -0.15) is 0 Å². The van der Waals surface area contributed by atoms with E-state index in [2.05, 4.69) is 0 Å². The van der Waals surface area contributed by atoms with Crippen LogP contribution in [0.2, 0.25) is 0 Å². The summed E-state index contributed by atoms with van der Waals surface area (Å²) in [6, 6.07) is 4.20. The van der Waals surface area contributed by atoms with Crippen LogP contribution in [0.3, 0.4) is 0 Å². The summed E-state index contributed by atoms with van der Waals surface area (Å²) in [5, 5.41) is 0. The summed E-state index contributed by atoms with van der Waals surface area (Å²) < 4.78 is 17.9. The van der Waals surface area contributed by atoms with Crippen LogP contribution in [0.15, 0.2) is 18.2 Å². The largest absolute Gasteiger partial charge is 0.493 e. The molecule has 3 heteroatoms. The zero-order valence-electron chi connectivity index (χ0n) is 7.01. The maximum absolute atomic E-state index is 12.7. The summed E-state index contributed by atoms with van der Waals surface area (Å²) in [6.07, 6.45) is 0.899. The fourth-order valence-corrected chi connectivity index (χ4v) is 0.888. The molecule has 0 aromatic heterocycles. The van der Waals surface area contributed by atoms with Crippen molar-refractivity contribution in [3.63, 3.8) is 0 Å². The quantitative estimate of drug-likeness (QED) is 0.704. The van der Waals surface area contributed by atoms with Crippen LogP contribution in [0, 0.1) is 5.82 Å². The Morgan fingerprint density at radius 1 is 1.42 bits per heavy atom. The topological polar surface area (TPSA) is 35.2 Å². The lowest BCUT2D eigenvalue weighted by Gasteiger charge is -2.04. The molecule has 66 valence electrons. The molecule has 0 aliphatic heterocycles. The summed E-state index contributed by atoms with van der Waals surface area (Å²) in [6.45, 7) is 2.57. The molecule has 0 heterocycles. The normalized spacial score (nSPS) is 9.83. The van der Waals surface area contributed by atoms with Gasteiger partial charge in [0.05, 0.1) is 6.61 Å². The minimum Gasteiger partial charge on any atom is -0.493 e. The third kappa shape index (κ3) is 2.42. The van der Waals surface area contributed by atoms with Gasteiger partial charge in [-0.3, -0.25) is 0 Å². The monoisotopic (exact) mass is 169 g/mol. The van der Waals surface area contributed by atoms with Crippen LogP contribution >= 0.6 is 0 Å². The minimum atomic E-state index is -0.360. The van der Waals surface area contributed by atoms with Crippen LogP contribution in [-0.2, 0) is 0 Å². The van der Waals surface area contributed by atoms with Crippen molar-refractivity contribution >= 4 is 5.69 Å². The van der Waals surface area contributed by atoms with Gasteiger partial charge in [0, 0.05) is 17.8 Å². The van der Waals surface area contributed by atoms with Crippen molar-refractivity contribution in [1.29, 1.82) is 0 Å². The average molecular weight is 169 g/mol. The van der Waals surface area contributed by atoms with E-state index < -0.39 is 0 Å². The highest BCUT2D eigenvalue weighted by molar-refractivity contribution is 5.44. The van der Waals surface area contributed by atoms with Gasteiger partial charge in [0.15, 0.2) is 0 Å². The van der Waals surface area contributed by atoms with Crippen LogP contribution in [0.4, 0.5) is 10.1 Å². The van der Waals surface area contributed by atoms with Crippen molar-refractivity contribution in [2.24, 2.45) is 0 Å². The summed E-state index contributed by atoms with van der Waals surface area (Å²) in [5.41, 5.74) is 5.80. The van der Waals surface area contributed by atoms with E-state index in [0.29, 0.717) is 18.0 Å². The lowest BCUT2D eigenvalue weighted by molar-refractivity contribution is 0.316. The first-order valence-corrected chi connectivity index (χ1v) is 3.91. The van der Waals surface area contributed by atoms with E-state index in [0.717, 1.165) is 6.42 Å². The van der Waals surface area contributed by atoms with E-state index in [1.807, 2.05) is 6.92 Å². The fourth-order valence-electron chi connectivity index (χ4n) is 0.888. The molecule has 0 radical (unpaired) electrons. The maximum atomic E-state index is 12.7. The van der Waals surface area contributed by atoms with Crippen LogP contribution in [0.5, 0.6) is 5.75 Å². The SMILES string of the molecule is CCCOc1cc(N)cc(F)c1. The average Bonchev–Trinajstić information content (AvgIpc) is 1.99. The molecule has 0 saturated carbocycles. The number of ether oxygens (including phenoxy) is 1. The van der Waals surface area contributed by atoms with Gasteiger partial charge in [0.1, 0.15) is 11.6 Å². The van der Waals surface area contributed by atoms with E-state index in [4.69, 9.17) is 10.5 Å².